The smallest absolute Gasteiger partial charge is 0.438 e. The second-order valence-corrected chi connectivity index (χ2v) is 6.65. The molecule has 0 atom stereocenters. The molecule has 0 unspecified atom stereocenters. The molecule has 0 saturated carbocycles. The van der Waals surface area contributed by atoms with Gasteiger partial charge in [0, 0.05) is 0 Å². The summed E-state index contributed by atoms with van der Waals surface area (Å²) in [7, 11) is -1.72. The van der Waals surface area contributed by atoms with Crippen LogP contribution < -0.4 is 0 Å². The molecule has 0 aromatic carbocycles. The third-order valence-corrected chi connectivity index (χ3v) is 4.64. The third-order valence-electron chi connectivity index (χ3n) is 2.16. The van der Waals surface area contributed by atoms with Crippen LogP contribution in [0.2, 0.25) is 12.1 Å². The Balaban J connectivity index is 3.58. The lowest BCUT2D eigenvalue weighted by Gasteiger charge is -1.99. The third kappa shape index (κ3) is 11.5. The SMILES string of the molecule is CCCC[SiH2]OC(=O)/N=N/C(=O)O[SiH2]CCCC. The van der Waals surface area contributed by atoms with Crippen LogP contribution in [0.5, 0.6) is 0 Å². The van der Waals surface area contributed by atoms with E-state index in [1.807, 2.05) is 0 Å². The summed E-state index contributed by atoms with van der Waals surface area (Å²) >= 11 is 0. The minimum atomic E-state index is -0.862. The largest absolute Gasteiger partial charge is 0.507 e. The average molecular weight is 290 g/mol. The van der Waals surface area contributed by atoms with E-state index in [1.165, 1.54) is 0 Å². The summed E-state index contributed by atoms with van der Waals surface area (Å²) < 4.78 is 9.76. The maximum Gasteiger partial charge on any atom is 0.438 e. The second kappa shape index (κ2) is 12.4. The van der Waals surface area contributed by atoms with Crippen molar-refractivity contribution in [3.05, 3.63) is 0 Å². The van der Waals surface area contributed by atoms with Crippen LogP contribution in [0.15, 0.2) is 10.2 Å². The molecule has 0 radical (unpaired) electrons. The highest BCUT2D eigenvalue weighted by Gasteiger charge is 2.03. The van der Waals surface area contributed by atoms with Gasteiger partial charge < -0.3 is 8.85 Å². The van der Waals surface area contributed by atoms with E-state index in [9.17, 15) is 9.59 Å². The van der Waals surface area contributed by atoms with E-state index in [1.54, 1.807) is 0 Å². The van der Waals surface area contributed by atoms with E-state index >= 15 is 0 Å². The number of rotatable bonds is 8. The van der Waals surface area contributed by atoms with Crippen molar-refractivity contribution in [3.8, 4) is 0 Å². The van der Waals surface area contributed by atoms with Gasteiger partial charge >= 0.3 is 12.2 Å². The first-order valence-corrected chi connectivity index (χ1v) is 9.61. The van der Waals surface area contributed by atoms with Crippen LogP contribution in [0.4, 0.5) is 9.59 Å². The Kier molecular flexibility index (Phi) is 11.7. The first-order valence-electron chi connectivity index (χ1n) is 6.46. The summed E-state index contributed by atoms with van der Waals surface area (Å²) in [4.78, 5) is 22.1. The van der Waals surface area contributed by atoms with Crippen molar-refractivity contribution in [2.24, 2.45) is 10.2 Å². The van der Waals surface area contributed by atoms with Crippen LogP contribution in [-0.4, -0.2) is 31.7 Å². The van der Waals surface area contributed by atoms with Crippen molar-refractivity contribution >= 4 is 31.7 Å². The van der Waals surface area contributed by atoms with Gasteiger partial charge in [0.25, 0.3) is 0 Å². The molecule has 0 aromatic rings. The van der Waals surface area contributed by atoms with E-state index in [-0.39, 0.29) is 0 Å². The van der Waals surface area contributed by atoms with E-state index in [2.05, 4.69) is 24.1 Å². The second-order valence-electron chi connectivity index (χ2n) is 3.84. The summed E-state index contributed by atoms with van der Waals surface area (Å²) in [6, 6.07) is 1.87. The number of azo groups is 1. The van der Waals surface area contributed by atoms with Gasteiger partial charge in [-0.3, -0.25) is 0 Å². The molecule has 0 aliphatic carbocycles. The number of amides is 2. The molecular weight excluding hydrogens is 268 g/mol. The van der Waals surface area contributed by atoms with Crippen molar-refractivity contribution < 1.29 is 18.4 Å². The highest BCUT2D eigenvalue weighted by atomic mass is 28.2. The summed E-state index contributed by atoms with van der Waals surface area (Å²) in [6.45, 7) is 4.16. The number of hydrogen-bond acceptors (Lipinski definition) is 4. The van der Waals surface area contributed by atoms with E-state index in [0.717, 1.165) is 37.8 Å². The van der Waals surface area contributed by atoms with Gasteiger partial charge in [0.2, 0.25) is 19.5 Å². The van der Waals surface area contributed by atoms with Crippen LogP contribution in [0.25, 0.3) is 0 Å². The summed E-state index contributed by atoms with van der Waals surface area (Å²) in [6.07, 6.45) is 2.74. The molecule has 0 heterocycles. The maximum absolute atomic E-state index is 11.0. The Morgan fingerprint density at radius 2 is 1.28 bits per heavy atom. The van der Waals surface area contributed by atoms with Crippen LogP contribution in [0, 0.1) is 0 Å². The Labute approximate surface area is 112 Å². The number of hydrogen-bond donors (Lipinski definition) is 0. The molecule has 104 valence electrons. The summed E-state index contributed by atoms with van der Waals surface area (Å²) in [5.41, 5.74) is 0. The van der Waals surface area contributed by atoms with Crippen molar-refractivity contribution in [2.45, 2.75) is 51.6 Å². The topological polar surface area (TPSA) is 77.3 Å². The standard InChI is InChI=1S/C10H22N2O4Si2/c1-3-5-7-17-15-9(13)11-12-10(14)16-18-8-6-4-2/h3-8,17-18H2,1-2H3/b12-11+. The molecule has 18 heavy (non-hydrogen) atoms. The fraction of sp³-hybridized carbons (Fsp3) is 0.800. The molecular formula is C10H22N2O4Si2. The number of nitrogens with zero attached hydrogens (tertiary/aromatic N) is 2. The first kappa shape index (κ1) is 17.0. The maximum atomic E-state index is 11.0. The van der Waals surface area contributed by atoms with Gasteiger partial charge in [0.05, 0.1) is 0 Å². The highest BCUT2D eigenvalue weighted by Crippen LogP contribution is 1.97. The van der Waals surface area contributed by atoms with Gasteiger partial charge in [-0.25, -0.2) is 9.59 Å². The average Bonchev–Trinajstić information content (AvgIpc) is 2.37. The molecule has 0 aliphatic heterocycles. The fourth-order valence-electron chi connectivity index (χ4n) is 1.16. The molecule has 0 spiro atoms. The minimum absolute atomic E-state index is 0.773. The minimum Gasteiger partial charge on any atom is -0.507 e. The molecule has 0 N–H and O–H groups in total. The first-order chi connectivity index (χ1) is 8.70. The molecule has 0 fully saturated rings. The zero-order valence-electron chi connectivity index (χ0n) is 11.2. The molecule has 0 rings (SSSR count). The predicted molar refractivity (Wildman–Crippen MR) is 74.3 cm³/mol. The Morgan fingerprint density at radius 3 is 1.61 bits per heavy atom. The summed E-state index contributed by atoms with van der Waals surface area (Å²) in [5, 5.41) is 6.33. The van der Waals surface area contributed by atoms with Crippen molar-refractivity contribution in [3.63, 3.8) is 0 Å². The van der Waals surface area contributed by atoms with E-state index in [4.69, 9.17) is 8.85 Å². The zero-order valence-corrected chi connectivity index (χ0v) is 14.0. The Hall–Kier alpha value is -1.03. The van der Waals surface area contributed by atoms with Crippen molar-refractivity contribution in [2.75, 3.05) is 0 Å². The number of unbranched alkanes of at least 4 members (excludes halogenated alkanes) is 2. The van der Waals surface area contributed by atoms with Gasteiger partial charge in [-0.05, 0) is 12.1 Å². The Bertz CT molecular complexity index is 249. The quantitative estimate of drug-likeness (QED) is 0.390. The zero-order chi connectivity index (χ0) is 13.6. The molecule has 0 saturated heterocycles. The number of carbonyl (C=O) groups excluding carboxylic acids is 2. The van der Waals surface area contributed by atoms with Gasteiger partial charge in [0.15, 0.2) is 0 Å². The molecule has 6 nitrogen and oxygen atoms in total. The highest BCUT2D eigenvalue weighted by molar-refractivity contribution is 6.30. The molecule has 0 bridgehead atoms. The van der Waals surface area contributed by atoms with Gasteiger partial charge in [-0.15, -0.1) is 0 Å². The Morgan fingerprint density at radius 1 is 0.889 bits per heavy atom. The van der Waals surface area contributed by atoms with Crippen LogP contribution in [0.1, 0.15) is 39.5 Å². The van der Waals surface area contributed by atoms with E-state index in [0.29, 0.717) is 0 Å². The molecule has 0 aromatic heterocycles. The lowest BCUT2D eigenvalue weighted by atomic mass is 10.4. The number of carbonyl (C=O) groups is 2. The monoisotopic (exact) mass is 290 g/mol. The fourth-order valence-corrected chi connectivity index (χ4v) is 3.32. The lowest BCUT2D eigenvalue weighted by molar-refractivity contribution is 0.202. The van der Waals surface area contributed by atoms with Gasteiger partial charge in [0.1, 0.15) is 0 Å². The van der Waals surface area contributed by atoms with Crippen molar-refractivity contribution in [1.82, 2.24) is 0 Å². The van der Waals surface area contributed by atoms with Crippen LogP contribution in [-0.2, 0) is 8.85 Å². The lowest BCUT2D eigenvalue weighted by Crippen LogP contribution is -2.06. The van der Waals surface area contributed by atoms with Gasteiger partial charge in [-0.1, -0.05) is 49.8 Å². The van der Waals surface area contributed by atoms with Crippen molar-refractivity contribution in [1.29, 1.82) is 0 Å². The summed E-state index contributed by atoms with van der Waals surface area (Å²) in [5.74, 6) is 0. The molecule has 8 heteroatoms. The van der Waals surface area contributed by atoms with Crippen LogP contribution >= 0.6 is 0 Å². The van der Waals surface area contributed by atoms with Crippen LogP contribution in [0.3, 0.4) is 0 Å². The van der Waals surface area contributed by atoms with Gasteiger partial charge in [-0.2, -0.15) is 0 Å². The normalized spacial score (nSPS) is 11.9. The van der Waals surface area contributed by atoms with E-state index < -0.39 is 31.7 Å². The predicted octanol–water partition coefficient (Wildman–Crippen LogP) is 2.32. The molecule has 0 aliphatic rings. The molecule has 2 amide bonds.